The minimum Gasteiger partial charge on any atom is -0.496 e. The Labute approximate surface area is 136 Å². The number of methoxy groups -OCH3 is 2. The quantitative estimate of drug-likeness (QED) is 0.791. The van der Waals surface area contributed by atoms with Crippen LogP contribution < -0.4 is 9.47 Å². The van der Waals surface area contributed by atoms with Gasteiger partial charge in [-0.1, -0.05) is 6.07 Å². The van der Waals surface area contributed by atoms with Gasteiger partial charge in [0.2, 0.25) is 10.0 Å². The molecule has 7 nitrogen and oxygen atoms in total. The molecule has 1 aromatic carbocycles. The van der Waals surface area contributed by atoms with Crippen molar-refractivity contribution in [1.29, 1.82) is 0 Å². The topological polar surface area (TPSA) is 76.2 Å². The van der Waals surface area contributed by atoms with Crippen LogP contribution in [0.15, 0.2) is 18.2 Å². The van der Waals surface area contributed by atoms with E-state index in [1.54, 1.807) is 30.0 Å². The molecule has 8 heteroatoms. The van der Waals surface area contributed by atoms with Gasteiger partial charge in [0.05, 0.1) is 20.0 Å². The monoisotopic (exact) mass is 342 g/mol. The summed E-state index contributed by atoms with van der Waals surface area (Å²) in [6.45, 7) is 2.92. The number of ether oxygens (including phenoxy) is 2. The van der Waals surface area contributed by atoms with Crippen molar-refractivity contribution in [1.82, 2.24) is 9.21 Å². The highest BCUT2D eigenvalue weighted by molar-refractivity contribution is 7.89. The Hall–Kier alpha value is -1.80. The number of carbonyl (C=O) groups excluding carboxylic acids is 1. The van der Waals surface area contributed by atoms with E-state index in [1.807, 2.05) is 0 Å². The van der Waals surface area contributed by atoms with Crippen LogP contribution in [-0.2, 0) is 10.0 Å². The highest BCUT2D eigenvalue weighted by Crippen LogP contribution is 2.30. The maximum absolute atomic E-state index is 12.8. The van der Waals surface area contributed by atoms with Crippen LogP contribution in [0.2, 0.25) is 0 Å². The first-order valence-corrected chi connectivity index (χ1v) is 9.03. The number of hydrogen-bond acceptors (Lipinski definition) is 5. The summed E-state index contributed by atoms with van der Waals surface area (Å²) >= 11 is 0. The van der Waals surface area contributed by atoms with E-state index in [0.29, 0.717) is 43.2 Å². The molecule has 1 aliphatic heterocycles. The number of nitrogens with zero attached hydrogens (tertiary/aromatic N) is 2. The van der Waals surface area contributed by atoms with E-state index < -0.39 is 10.0 Å². The van der Waals surface area contributed by atoms with Gasteiger partial charge in [-0.05, 0) is 19.1 Å². The summed E-state index contributed by atoms with van der Waals surface area (Å²) in [4.78, 5) is 14.4. The van der Waals surface area contributed by atoms with Gasteiger partial charge in [0, 0.05) is 26.2 Å². The van der Waals surface area contributed by atoms with Crippen LogP contribution in [0.3, 0.4) is 0 Å². The average molecular weight is 342 g/mol. The molecule has 1 aromatic rings. The van der Waals surface area contributed by atoms with Gasteiger partial charge in [0.25, 0.3) is 5.91 Å². The van der Waals surface area contributed by atoms with Crippen LogP contribution in [0.1, 0.15) is 17.3 Å². The van der Waals surface area contributed by atoms with Gasteiger partial charge < -0.3 is 14.4 Å². The summed E-state index contributed by atoms with van der Waals surface area (Å²) in [5.41, 5.74) is 0.365. The van der Waals surface area contributed by atoms with E-state index in [-0.39, 0.29) is 11.7 Å². The van der Waals surface area contributed by atoms with Gasteiger partial charge in [0.15, 0.2) is 0 Å². The number of piperazine rings is 1. The predicted octanol–water partition coefficient (Wildman–Crippen LogP) is 0.811. The third kappa shape index (κ3) is 3.59. The summed E-state index contributed by atoms with van der Waals surface area (Å²) in [5.74, 6) is 0.741. The normalized spacial score (nSPS) is 16.2. The van der Waals surface area contributed by atoms with Crippen molar-refractivity contribution in [3.05, 3.63) is 23.8 Å². The predicted molar refractivity (Wildman–Crippen MR) is 86.5 cm³/mol. The Kier molecular flexibility index (Phi) is 5.48. The molecule has 1 saturated heterocycles. The molecule has 1 aliphatic rings. The highest BCUT2D eigenvalue weighted by atomic mass is 32.2. The molecular formula is C15H22N2O5S. The van der Waals surface area contributed by atoms with Gasteiger partial charge in [-0.25, -0.2) is 8.42 Å². The molecule has 0 bridgehead atoms. The second-order valence-corrected chi connectivity index (χ2v) is 7.39. The Morgan fingerprint density at radius 3 is 2.04 bits per heavy atom. The summed E-state index contributed by atoms with van der Waals surface area (Å²) in [6.07, 6.45) is 0. The lowest BCUT2D eigenvalue weighted by atomic mass is 10.1. The molecule has 0 aromatic heterocycles. The number of rotatable bonds is 5. The first kappa shape index (κ1) is 17.6. The largest absolute Gasteiger partial charge is 0.496 e. The smallest absolute Gasteiger partial charge is 0.261 e. The lowest BCUT2D eigenvalue weighted by Gasteiger charge is -2.34. The fraction of sp³-hybridized carbons (Fsp3) is 0.533. The molecule has 0 saturated carbocycles. The van der Waals surface area contributed by atoms with Crippen molar-refractivity contribution in [2.45, 2.75) is 6.92 Å². The second-order valence-electron chi connectivity index (χ2n) is 5.13. The lowest BCUT2D eigenvalue weighted by Crippen LogP contribution is -2.50. The third-order valence-corrected chi connectivity index (χ3v) is 5.81. The van der Waals surface area contributed by atoms with Gasteiger partial charge in [0.1, 0.15) is 17.1 Å². The Balaban J connectivity index is 2.18. The second kappa shape index (κ2) is 7.18. The van der Waals surface area contributed by atoms with Crippen LogP contribution in [0, 0.1) is 0 Å². The van der Waals surface area contributed by atoms with Crippen molar-refractivity contribution in [3.8, 4) is 11.5 Å². The van der Waals surface area contributed by atoms with Crippen LogP contribution >= 0.6 is 0 Å². The molecule has 0 radical (unpaired) electrons. The van der Waals surface area contributed by atoms with E-state index in [1.165, 1.54) is 18.5 Å². The van der Waals surface area contributed by atoms with E-state index in [9.17, 15) is 13.2 Å². The standard InChI is InChI=1S/C15H22N2O5S/c1-4-23(19,20)17-10-8-16(9-11-17)15(18)14-12(21-2)6-5-7-13(14)22-3/h5-7H,4,8-11H2,1-3H3. The molecule has 0 aliphatic carbocycles. The van der Waals surface area contributed by atoms with Gasteiger partial charge >= 0.3 is 0 Å². The van der Waals surface area contributed by atoms with E-state index in [2.05, 4.69) is 0 Å². The number of carbonyl (C=O) groups is 1. The number of amides is 1. The lowest BCUT2D eigenvalue weighted by molar-refractivity contribution is 0.0691. The molecule has 2 rings (SSSR count). The molecule has 0 spiro atoms. The number of benzene rings is 1. The molecular weight excluding hydrogens is 320 g/mol. The number of sulfonamides is 1. The zero-order valence-corrected chi connectivity index (χ0v) is 14.4. The Bertz CT molecular complexity index is 644. The zero-order valence-electron chi connectivity index (χ0n) is 13.6. The molecule has 128 valence electrons. The molecule has 0 N–H and O–H groups in total. The minimum atomic E-state index is -3.21. The van der Waals surface area contributed by atoms with E-state index >= 15 is 0 Å². The summed E-state index contributed by atoms with van der Waals surface area (Å²) in [5, 5.41) is 0. The van der Waals surface area contributed by atoms with E-state index in [4.69, 9.17) is 9.47 Å². The van der Waals surface area contributed by atoms with Gasteiger partial charge in [-0.15, -0.1) is 0 Å². The van der Waals surface area contributed by atoms with Crippen LogP contribution in [0.5, 0.6) is 11.5 Å². The molecule has 0 atom stereocenters. The van der Waals surface area contributed by atoms with Crippen LogP contribution in [-0.4, -0.2) is 69.7 Å². The van der Waals surface area contributed by atoms with E-state index in [0.717, 1.165) is 0 Å². The van der Waals surface area contributed by atoms with Gasteiger partial charge in [-0.3, -0.25) is 4.79 Å². The van der Waals surface area contributed by atoms with Gasteiger partial charge in [-0.2, -0.15) is 4.31 Å². The number of hydrogen-bond donors (Lipinski definition) is 0. The zero-order chi connectivity index (χ0) is 17.0. The minimum absolute atomic E-state index is 0.0707. The molecule has 1 heterocycles. The summed E-state index contributed by atoms with van der Waals surface area (Å²) in [7, 11) is -0.220. The van der Waals surface area contributed by atoms with Crippen molar-refractivity contribution in [2.24, 2.45) is 0 Å². The molecule has 0 unspecified atom stereocenters. The van der Waals surface area contributed by atoms with Crippen LogP contribution in [0.4, 0.5) is 0 Å². The first-order valence-electron chi connectivity index (χ1n) is 7.42. The average Bonchev–Trinajstić information content (AvgIpc) is 2.60. The van der Waals surface area contributed by atoms with Crippen molar-refractivity contribution in [2.75, 3.05) is 46.2 Å². The molecule has 1 fully saturated rings. The van der Waals surface area contributed by atoms with Crippen molar-refractivity contribution < 1.29 is 22.7 Å². The molecule has 23 heavy (non-hydrogen) atoms. The van der Waals surface area contributed by atoms with Crippen LogP contribution in [0.25, 0.3) is 0 Å². The first-order chi connectivity index (χ1) is 10.9. The maximum Gasteiger partial charge on any atom is 0.261 e. The fourth-order valence-electron chi connectivity index (χ4n) is 2.57. The third-order valence-electron chi connectivity index (χ3n) is 3.93. The molecule has 1 amide bonds. The summed E-state index contributed by atoms with van der Waals surface area (Å²) in [6, 6.07) is 5.15. The summed E-state index contributed by atoms with van der Waals surface area (Å²) < 4.78 is 35.7. The van der Waals surface area contributed by atoms with Crippen molar-refractivity contribution >= 4 is 15.9 Å². The highest BCUT2D eigenvalue weighted by Gasteiger charge is 2.30. The Morgan fingerprint density at radius 1 is 1.09 bits per heavy atom. The Morgan fingerprint density at radius 2 is 1.61 bits per heavy atom. The SMILES string of the molecule is CCS(=O)(=O)N1CCN(C(=O)c2c(OC)cccc2OC)CC1. The fourth-order valence-corrected chi connectivity index (χ4v) is 3.66. The van der Waals surface area contributed by atoms with Crippen molar-refractivity contribution in [3.63, 3.8) is 0 Å². The maximum atomic E-state index is 12.8.